The SMILES string of the molecule is Cc1ccc(N=Nc2ccc(C)cc2NC(=O)Nc2cc([N+](=O)[O-])ccc2F)cc1. The van der Waals surface area contributed by atoms with E-state index in [0.29, 0.717) is 17.1 Å². The zero-order chi connectivity index (χ0) is 21.7. The van der Waals surface area contributed by atoms with Gasteiger partial charge < -0.3 is 10.6 Å². The minimum absolute atomic E-state index is 0.308. The lowest BCUT2D eigenvalue weighted by atomic mass is 10.2. The van der Waals surface area contributed by atoms with Crippen LogP contribution in [-0.2, 0) is 0 Å². The van der Waals surface area contributed by atoms with Crippen LogP contribution in [-0.4, -0.2) is 11.0 Å². The first-order valence-electron chi connectivity index (χ1n) is 8.93. The predicted molar refractivity (Wildman–Crippen MR) is 112 cm³/mol. The van der Waals surface area contributed by atoms with E-state index in [2.05, 4.69) is 20.9 Å². The first-order chi connectivity index (χ1) is 14.3. The molecule has 0 radical (unpaired) electrons. The number of nitrogens with zero attached hydrogens (tertiary/aromatic N) is 3. The average molecular weight is 407 g/mol. The molecule has 2 N–H and O–H groups in total. The second-order valence-corrected chi connectivity index (χ2v) is 6.56. The number of amides is 2. The smallest absolute Gasteiger partial charge is 0.306 e. The van der Waals surface area contributed by atoms with Crippen molar-refractivity contribution in [1.82, 2.24) is 0 Å². The van der Waals surface area contributed by atoms with Crippen molar-refractivity contribution in [3.63, 3.8) is 0 Å². The lowest BCUT2D eigenvalue weighted by Crippen LogP contribution is -2.20. The molecular weight excluding hydrogens is 389 g/mol. The second kappa shape index (κ2) is 8.91. The molecule has 0 aliphatic rings. The van der Waals surface area contributed by atoms with Crippen LogP contribution < -0.4 is 10.6 Å². The molecule has 152 valence electrons. The third-order valence-electron chi connectivity index (χ3n) is 4.12. The van der Waals surface area contributed by atoms with Gasteiger partial charge in [0.1, 0.15) is 11.5 Å². The quantitative estimate of drug-likeness (QED) is 0.290. The molecule has 9 heteroatoms. The number of azo groups is 1. The van der Waals surface area contributed by atoms with E-state index < -0.39 is 16.8 Å². The Bertz CT molecular complexity index is 1130. The molecule has 0 saturated carbocycles. The number of carbonyl (C=O) groups is 1. The first kappa shape index (κ1) is 20.6. The summed E-state index contributed by atoms with van der Waals surface area (Å²) in [6.07, 6.45) is 0. The number of anilines is 2. The molecule has 0 saturated heterocycles. The lowest BCUT2D eigenvalue weighted by Gasteiger charge is -2.11. The summed E-state index contributed by atoms with van der Waals surface area (Å²) in [5.41, 5.74) is 2.71. The number of halogens is 1. The summed E-state index contributed by atoms with van der Waals surface area (Å²) in [4.78, 5) is 22.5. The molecule has 3 aromatic carbocycles. The first-order valence-corrected chi connectivity index (χ1v) is 8.93. The Hall–Kier alpha value is -4.14. The lowest BCUT2D eigenvalue weighted by molar-refractivity contribution is -0.384. The Balaban J connectivity index is 1.80. The fraction of sp³-hybridized carbons (Fsp3) is 0.0952. The fourth-order valence-corrected chi connectivity index (χ4v) is 2.56. The molecule has 0 bridgehead atoms. The van der Waals surface area contributed by atoms with E-state index in [1.165, 1.54) is 0 Å². The van der Waals surface area contributed by atoms with Gasteiger partial charge in [-0.2, -0.15) is 5.11 Å². The van der Waals surface area contributed by atoms with E-state index in [1.807, 2.05) is 44.2 Å². The van der Waals surface area contributed by atoms with E-state index in [1.54, 1.807) is 12.1 Å². The van der Waals surface area contributed by atoms with Crippen LogP contribution in [0, 0.1) is 29.8 Å². The highest BCUT2D eigenvalue weighted by Gasteiger charge is 2.14. The van der Waals surface area contributed by atoms with Crippen LogP contribution in [0.3, 0.4) is 0 Å². The monoisotopic (exact) mass is 407 g/mol. The molecule has 0 aliphatic carbocycles. The average Bonchev–Trinajstić information content (AvgIpc) is 2.70. The topological polar surface area (TPSA) is 109 Å². The number of hydrogen-bond donors (Lipinski definition) is 2. The Morgan fingerprint density at radius 1 is 0.900 bits per heavy atom. The molecule has 0 atom stereocenters. The standard InChI is InChI=1S/C21H18FN5O3/c1-13-3-6-15(7-4-13)25-26-18-10-5-14(2)11-20(18)24-21(28)23-19-12-16(27(29)30)8-9-17(19)22/h3-12H,1-2H3,(H2,23,24,28). The van der Waals surface area contributed by atoms with Crippen molar-refractivity contribution in [3.05, 3.63) is 87.7 Å². The highest BCUT2D eigenvalue weighted by Crippen LogP contribution is 2.29. The molecule has 8 nitrogen and oxygen atoms in total. The Labute approximate surface area is 171 Å². The van der Waals surface area contributed by atoms with Crippen LogP contribution in [0.4, 0.5) is 37.6 Å². The maximum atomic E-state index is 13.9. The van der Waals surface area contributed by atoms with Crippen LogP contribution in [0.2, 0.25) is 0 Å². The van der Waals surface area contributed by atoms with Crippen molar-refractivity contribution in [2.24, 2.45) is 10.2 Å². The van der Waals surface area contributed by atoms with Crippen LogP contribution >= 0.6 is 0 Å². The van der Waals surface area contributed by atoms with Gasteiger partial charge in [-0.15, -0.1) is 5.11 Å². The van der Waals surface area contributed by atoms with Gasteiger partial charge in [0.15, 0.2) is 0 Å². The number of carbonyl (C=O) groups excluding carboxylic acids is 1. The molecular formula is C21H18FN5O3. The summed E-state index contributed by atoms with van der Waals surface area (Å²) in [7, 11) is 0. The Kier molecular flexibility index (Phi) is 6.11. The van der Waals surface area contributed by atoms with E-state index in [0.717, 1.165) is 29.3 Å². The molecule has 0 spiro atoms. The van der Waals surface area contributed by atoms with Crippen molar-refractivity contribution in [1.29, 1.82) is 0 Å². The van der Waals surface area contributed by atoms with Crippen molar-refractivity contribution in [2.45, 2.75) is 13.8 Å². The number of non-ortho nitro benzene ring substituents is 1. The molecule has 3 rings (SSSR count). The fourth-order valence-electron chi connectivity index (χ4n) is 2.56. The molecule has 3 aromatic rings. The molecule has 0 heterocycles. The van der Waals surface area contributed by atoms with Gasteiger partial charge in [-0.25, -0.2) is 9.18 Å². The summed E-state index contributed by atoms with van der Waals surface area (Å²) >= 11 is 0. The zero-order valence-electron chi connectivity index (χ0n) is 16.2. The summed E-state index contributed by atoms with van der Waals surface area (Å²) < 4.78 is 13.9. The van der Waals surface area contributed by atoms with Crippen molar-refractivity contribution < 1.29 is 14.1 Å². The van der Waals surface area contributed by atoms with Crippen molar-refractivity contribution in [3.8, 4) is 0 Å². The summed E-state index contributed by atoms with van der Waals surface area (Å²) in [6.45, 7) is 3.80. The van der Waals surface area contributed by atoms with Crippen LogP contribution in [0.5, 0.6) is 0 Å². The van der Waals surface area contributed by atoms with E-state index in [9.17, 15) is 19.3 Å². The third kappa shape index (κ3) is 5.22. The van der Waals surface area contributed by atoms with Gasteiger partial charge in [0.05, 0.1) is 22.0 Å². The van der Waals surface area contributed by atoms with Gasteiger partial charge in [0.25, 0.3) is 5.69 Å². The molecule has 0 aliphatic heterocycles. The largest absolute Gasteiger partial charge is 0.323 e. The normalized spacial score (nSPS) is 10.8. The highest BCUT2D eigenvalue weighted by atomic mass is 19.1. The number of urea groups is 1. The van der Waals surface area contributed by atoms with Gasteiger partial charge >= 0.3 is 6.03 Å². The maximum Gasteiger partial charge on any atom is 0.323 e. The second-order valence-electron chi connectivity index (χ2n) is 6.56. The highest BCUT2D eigenvalue weighted by molar-refractivity contribution is 6.01. The van der Waals surface area contributed by atoms with Gasteiger partial charge in [-0.05, 0) is 49.7 Å². The number of hydrogen-bond acceptors (Lipinski definition) is 5. The van der Waals surface area contributed by atoms with Crippen LogP contribution in [0.15, 0.2) is 70.9 Å². The zero-order valence-corrected chi connectivity index (χ0v) is 16.2. The van der Waals surface area contributed by atoms with Gasteiger partial charge in [-0.1, -0.05) is 23.8 Å². The summed E-state index contributed by atoms with van der Waals surface area (Å²) in [5.74, 6) is -0.792. The summed E-state index contributed by atoms with van der Waals surface area (Å²) in [6, 6.07) is 14.7. The maximum absolute atomic E-state index is 13.9. The number of rotatable bonds is 5. The van der Waals surface area contributed by atoms with Gasteiger partial charge in [0, 0.05) is 12.1 Å². The molecule has 0 aromatic heterocycles. The molecule has 2 amide bonds. The molecule has 30 heavy (non-hydrogen) atoms. The minimum atomic E-state index is -0.792. The minimum Gasteiger partial charge on any atom is -0.306 e. The van der Waals surface area contributed by atoms with Gasteiger partial charge in [-0.3, -0.25) is 10.1 Å². The number of aryl methyl sites for hydroxylation is 2. The van der Waals surface area contributed by atoms with Crippen LogP contribution in [0.1, 0.15) is 11.1 Å². The number of benzene rings is 3. The van der Waals surface area contributed by atoms with Crippen molar-refractivity contribution >= 4 is 34.5 Å². The third-order valence-corrected chi connectivity index (χ3v) is 4.12. The van der Waals surface area contributed by atoms with E-state index in [4.69, 9.17) is 0 Å². The predicted octanol–water partition coefficient (Wildman–Crippen LogP) is 6.41. The number of nitro benzene ring substituents is 1. The number of nitro groups is 1. The van der Waals surface area contributed by atoms with Crippen molar-refractivity contribution in [2.75, 3.05) is 10.6 Å². The number of nitrogens with one attached hydrogen (secondary N) is 2. The van der Waals surface area contributed by atoms with Gasteiger partial charge in [0.2, 0.25) is 0 Å². The molecule has 0 unspecified atom stereocenters. The Morgan fingerprint density at radius 2 is 1.57 bits per heavy atom. The molecule has 0 fully saturated rings. The Morgan fingerprint density at radius 3 is 2.27 bits per heavy atom. The van der Waals surface area contributed by atoms with Crippen LogP contribution in [0.25, 0.3) is 0 Å². The summed E-state index contributed by atoms with van der Waals surface area (Å²) in [5, 5.41) is 24.1. The van der Waals surface area contributed by atoms with E-state index in [-0.39, 0.29) is 11.4 Å². The van der Waals surface area contributed by atoms with E-state index >= 15 is 0 Å².